The van der Waals surface area contributed by atoms with Crippen LogP contribution in [0.15, 0.2) is 24.3 Å². The van der Waals surface area contributed by atoms with Crippen LogP contribution < -0.4 is 14.8 Å². The number of carbonyl (C=O) groups is 2. The van der Waals surface area contributed by atoms with Gasteiger partial charge in [0.2, 0.25) is 0 Å². The van der Waals surface area contributed by atoms with E-state index in [1.807, 2.05) is 34.6 Å². The SMILES string of the molecule is COc1cc(/C=C/C(=O)O[C@@H](C)C(=O)NC(C)(C)C)ccc1OC(C)C. The lowest BCUT2D eigenvalue weighted by atomic mass is 10.1. The Balaban J connectivity index is 2.72. The van der Waals surface area contributed by atoms with E-state index in [1.165, 1.54) is 13.0 Å². The lowest BCUT2D eigenvalue weighted by Gasteiger charge is -2.22. The molecule has 1 amide bonds. The molecule has 0 aliphatic rings. The van der Waals surface area contributed by atoms with Gasteiger partial charge in [0.1, 0.15) is 0 Å². The fourth-order valence-corrected chi connectivity index (χ4v) is 2.04. The largest absolute Gasteiger partial charge is 0.493 e. The Bertz CT molecular complexity index is 659. The van der Waals surface area contributed by atoms with E-state index >= 15 is 0 Å². The maximum absolute atomic E-state index is 11.9. The molecule has 144 valence electrons. The summed E-state index contributed by atoms with van der Waals surface area (Å²) in [5.74, 6) is 0.279. The third-order valence-electron chi connectivity index (χ3n) is 3.12. The summed E-state index contributed by atoms with van der Waals surface area (Å²) in [6, 6.07) is 5.35. The minimum Gasteiger partial charge on any atom is -0.493 e. The van der Waals surface area contributed by atoms with Crippen LogP contribution in [0.4, 0.5) is 0 Å². The first-order chi connectivity index (χ1) is 12.0. The molecule has 1 rings (SSSR count). The average Bonchev–Trinajstić information content (AvgIpc) is 2.51. The van der Waals surface area contributed by atoms with Crippen LogP contribution in [-0.2, 0) is 14.3 Å². The van der Waals surface area contributed by atoms with Gasteiger partial charge in [0.05, 0.1) is 13.2 Å². The maximum Gasteiger partial charge on any atom is 0.331 e. The predicted molar refractivity (Wildman–Crippen MR) is 101 cm³/mol. The van der Waals surface area contributed by atoms with Crippen molar-refractivity contribution in [2.75, 3.05) is 7.11 Å². The van der Waals surface area contributed by atoms with Gasteiger partial charge in [-0.1, -0.05) is 6.07 Å². The van der Waals surface area contributed by atoms with Crippen LogP contribution >= 0.6 is 0 Å². The molecule has 0 fully saturated rings. The Morgan fingerprint density at radius 2 is 1.77 bits per heavy atom. The van der Waals surface area contributed by atoms with Crippen molar-refractivity contribution in [1.29, 1.82) is 0 Å². The quantitative estimate of drug-likeness (QED) is 0.594. The Hall–Kier alpha value is -2.50. The Morgan fingerprint density at radius 3 is 2.31 bits per heavy atom. The van der Waals surface area contributed by atoms with Gasteiger partial charge in [0.25, 0.3) is 5.91 Å². The maximum atomic E-state index is 11.9. The Kier molecular flexibility index (Phi) is 7.68. The zero-order valence-electron chi connectivity index (χ0n) is 16.6. The van der Waals surface area contributed by atoms with E-state index in [0.29, 0.717) is 11.5 Å². The van der Waals surface area contributed by atoms with Crippen molar-refractivity contribution in [3.8, 4) is 11.5 Å². The fraction of sp³-hybridized carbons (Fsp3) is 0.500. The highest BCUT2D eigenvalue weighted by molar-refractivity contribution is 5.90. The Labute approximate surface area is 155 Å². The van der Waals surface area contributed by atoms with Gasteiger partial charge >= 0.3 is 5.97 Å². The van der Waals surface area contributed by atoms with E-state index in [0.717, 1.165) is 5.56 Å². The van der Waals surface area contributed by atoms with Gasteiger partial charge < -0.3 is 19.5 Å². The normalized spacial score (nSPS) is 12.8. The number of esters is 1. The van der Waals surface area contributed by atoms with Gasteiger partial charge in [-0.25, -0.2) is 4.79 Å². The summed E-state index contributed by atoms with van der Waals surface area (Å²) in [7, 11) is 1.56. The summed E-state index contributed by atoms with van der Waals surface area (Å²) in [4.78, 5) is 23.9. The second-order valence-electron chi connectivity index (χ2n) is 7.23. The van der Waals surface area contributed by atoms with Crippen molar-refractivity contribution < 1.29 is 23.8 Å². The number of rotatable bonds is 7. The van der Waals surface area contributed by atoms with Crippen LogP contribution in [-0.4, -0.2) is 36.7 Å². The van der Waals surface area contributed by atoms with E-state index in [9.17, 15) is 9.59 Å². The molecule has 0 heterocycles. The first-order valence-corrected chi connectivity index (χ1v) is 8.57. The molecule has 0 aliphatic heterocycles. The summed E-state index contributed by atoms with van der Waals surface area (Å²) >= 11 is 0. The van der Waals surface area contributed by atoms with Crippen molar-refractivity contribution in [3.63, 3.8) is 0 Å². The molecule has 1 atom stereocenters. The van der Waals surface area contributed by atoms with Crippen LogP contribution in [0.2, 0.25) is 0 Å². The Morgan fingerprint density at radius 1 is 1.12 bits per heavy atom. The minimum atomic E-state index is -0.872. The number of ether oxygens (including phenoxy) is 3. The number of benzene rings is 1. The number of hydrogen-bond donors (Lipinski definition) is 1. The molecule has 0 spiro atoms. The number of carbonyl (C=O) groups excluding carboxylic acids is 2. The molecule has 6 nitrogen and oxygen atoms in total. The zero-order valence-corrected chi connectivity index (χ0v) is 16.6. The molecular formula is C20H29NO5. The molecule has 0 aliphatic carbocycles. The molecule has 0 saturated heterocycles. The van der Waals surface area contributed by atoms with Gasteiger partial charge in [-0.3, -0.25) is 4.79 Å². The van der Waals surface area contributed by atoms with Gasteiger partial charge in [-0.05, 0) is 65.3 Å². The first-order valence-electron chi connectivity index (χ1n) is 8.57. The predicted octanol–water partition coefficient (Wildman–Crippen LogP) is 3.34. The van der Waals surface area contributed by atoms with E-state index in [4.69, 9.17) is 14.2 Å². The monoisotopic (exact) mass is 363 g/mol. The molecule has 1 N–H and O–H groups in total. The van der Waals surface area contributed by atoms with E-state index in [1.54, 1.807) is 31.4 Å². The van der Waals surface area contributed by atoms with E-state index < -0.39 is 12.1 Å². The van der Waals surface area contributed by atoms with Crippen LogP contribution in [0.5, 0.6) is 11.5 Å². The highest BCUT2D eigenvalue weighted by Gasteiger charge is 2.21. The highest BCUT2D eigenvalue weighted by atomic mass is 16.5. The lowest BCUT2D eigenvalue weighted by Crippen LogP contribution is -2.46. The summed E-state index contributed by atoms with van der Waals surface area (Å²) in [5.41, 5.74) is 0.367. The fourth-order valence-electron chi connectivity index (χ4n) is 2.04. The van der Waals surface area contributed by atoms with Crippen molar-refractivity contribution in [1.82, 2.24) is 5.32 Å². The molecule has 0 bridgehead atoms. The third-order valence-corrected chi connectivity index (χ3v) is 3.12. The number of amides is 1. The van der Waals surface area contributed by atoms with Gasteiger partial charge in [-0.15, -0.1) is 0 Å². The first kappa shape index (κ1) is 21.5. The molecular weight excluding hydrogens is 334 g/mol. The minimum absolute atomic E-state index is 0.0287. The number of hydrogen-bond acceptors (Lipinski definition) is 5. The van der Waals surface area contributed by atoms with E-state index in [-0.39, 0.29) is 17.6 Å². The van der Waals surface area contributed by atoms with Gasteiger partial charge in [0.15, 0.2) is 17.6 Å². The summed E-state index contributed by atoms with van der Waals surface area (Å²) in [5, 5.41) is 2.76. The number of methoxy groups -OCH3 is 1. The molecule has 0 radical (unpaired) electrons. The highest BCUT2D eigenvalue weighted by Crippen LogP contribution is 2.29. The van der Waals surface area contributed by atoms with Crippen LogP contribution in [0.1, 0.15) is 47.1 Å². The van der Waals surface area contributed by atoms with Gasteiger partial charge in [-0.2, -0.15) is 0 Å². The van der Waals surface area contributed by atoms with Crippen LogP contribution in [0.25, 0.3) is 6.08 Å². The molecule has 0 saturated carbocycles. The van der Waals surface area contributed by atoms with Gasteiger partial charge in [0, 0.05) is 11.6 Å². The smallest absolute Gasteiger partial charge is 0.331 e. The summed E-state index contributed by atoms with van der Waals surface area (Å²) in [6.07, 6.45) is 2.03. The van der Waals surface area contributed by atoms with E-state index in [2.05, 4.69) is 5.32 Å². The molecule has 26 heavy (non-hydrogen) atoms. The zero-order chi connectivity index (χ0) is 19.9. The summed E-state index contributed by atoms with van der Waals surface area (Å²) in [6.45, 7) is 11.0. The average molecular weight is 363 g/mol. The second kappa shape index (κ2) is 9.27. The van der Waals surface area contributed by atoms with Crippen molar-refractivity contribution in [3.05, 3.63) is 29.8 Å². The molecule has 0 unspecified atom stereocenters. The van der Waals surface area contributed by atoms with Crippen molar-refractivity contribution >= 4 is 18.0 Å². The molecule has 1 aromatic carbocycles. The van der Waals surface area contributed by atoms with Crippen LogP contribution in [0, 0.1) is 0 Å². The van der Waals surface area contributed by atoms with Crippen LogP contribution in [0.3, 0.4) is 0 Å². The number of nitrogens with one attached hydrogen (secondary N) is 1. The van der Waals surface area contributed by atoms with Crippen molar-refractivity contribution in [2.24, 2.45) is 0 Å². The third kappa shape index (κ3) is 7.59. The second-order valence-corrected chi connectivity index (χ2v) is 7.23. The van der Waals surface area contributed by atoms with Crippen molar-refractivity contribution in [2.45, 2.75) is 59.3 Å². The lowest BCUT2D eigenvalue weighted by molar-refractivity contribution is -0.150. The standard InChI is InChI=1S/C20H29NO5/c1-13(2)25-16-10-8-15(12-17(16)24-7)9-11-18(22)26-14(3)19(23)21-20(4,5)6/h8-14H,1-7H3,(H,21,23)/b11-9+/t14-/m0/s1. The summed E-state index contributed by atoms with van der Waals surface area (Å²) < 4.78 is 16.1. The molecule has 6 heteroatoms. The topological polar surface area (TPSA) is 73.9 Å². The molecule has 1 aromatic rings. The molecule has 0 aromatic heterocycles.